The van der Waals surface area contributed by atoms with Gasteiger partial charge in [-0.25, -0.2) is 0 Å². The first-order valence-electron chi connectivity index (χ1n) is 7.85. The molecule has 4 heteroatoms. The fraction of sp³-hybridized carbons (Fsp3) is 0.588. The number of nitrogens with two attached hydrogens (primary N) is 1. The van der Waals surface area contributed by atoms with Gasteiger partial charge in [-0.05, 0) is 24.3 Å². The molecule has 1 unspecified atom stereocenters. The van der Waals surface area contributed by atoms with Crippen molar-refractivity contribution in [1.82, 2.24) is 5.32 Å². The van der Waals surface area contributed by atoms with Crippen LogP contribution in [-0.2, 0) is 4.79 Å². The third-order valence-corrected chi connectivity index (χ3v) is 4.23. The van der Waals surface area contributed by atoms with E-state index in [-0.39, 0.29) is 18.3 Å². The van der Waals surface area contributed by atoms with Gasteiger partial charge in [-0.1, -0.05) is 62.4 Å². The van der Waals surface area contributed by atoms with Crippen LogP contribution in [0.4, 0.5) is 0 Å². The van der Waals surface area contributed by atoms with Crippen LogP contribution in [0.25, 0.3) is 0 Å². The van der Waals surface area contributed by atoms with Crippen molar-refractivity contribution in [3.8, 4) is 0 Å². The molecule has 21 heavy (non-hydrogen) atoms. The Hall–Kier alpha value is -1.06. The lowest BCUT2D eigenvalue weighted by atomic mass is 9.91. The molecule has 1 aliphatic rings. The van der Waals surface area contributed by atoms with Crippen molar-refractivity contribution in [3.63, 3.8) is 0 Å². The highest BCUT2D eigenvalue weighted by Crippen LogP contribution is 2.21. The summed E-state index contributed by atoms with van der Waals surface area (Å²) in [6.45, 7) is 0.777. The van der Waals surface area contributed by atoms with Crippen LogP contribution < -0.4 is 11.1 Å². The summed E-state index contributed by atoms with van der Waals surface area (Å²) in [7, 11) is 0. The largest absolute Gasteiger partial charge is 0.354 e. The molecule has 1 aliphatic carbocycles. The number of hydrogen-bond donors (Lipinski definition) is 2. The summed E-state index contributed by atoms with van der Waals surface area (Å²) < 4.78 is 0. The molecule has 1 amide bonds. The maximum atomic E-state index is 12.1. The number of halogens is 1. The monoisotopic (exact) mass is 310 g/mol. The average Bonchev–Trinajstić information content (AvgIpc) is 2.46. The Morgan fingerprint density at radius 3 is 2.29 bits per heavy atom. The van der Waals surface area contributed by atoms with Crippen molar-refractivity contribution in [1.29, 1.82) is 0 Å². The Labute approximate surface area is 134 Å². The molecule has 3 nitrogen and oxygen atoms in total. The van der Waals surface area contributed by atoms with Gasteiger partial charge in [0.05, 0.1) is 0 Å². The minimum absolute atomic E-state index is 0. The number of rotatable bonds is 4. The van der Waals surface area contributed by atoms with Crippen LogP contribution in [0.15, 0.2) is 30.3 Å². The van der Waals surface area contributed by atoms with Crippen molar-refractivity contribution in [2.24, 2.45) is 11.7 Å². The second kappa shape index (κ2) is 9.80. The van der Waals surface area contributed by atoms with E-state index < -0.39 is 6.04 Å². The maximum absolute atomic E-state index is 12.1. The van der Waals surface area contributed by atoms with Gasteiger partial charge in [0.2, 0.25) is 5.91 Å². The van der Waals surface area contributed by atoms with Crippen LogP contribution in [0.2, 0.25) is 0 Å². The molecule has 0 radical (unpaired) electrons. The van der Waals surface area contributed by atoms with E-state index in [1.54, 1.807) is 0 Å². The SMILES string of the molecule is Cl.NC(C(=O)NCC1CCCCCCC1)c1ccccc1. The highest BCUT2D eigenvalue weighted by molar-refractivity contribution is 5.85. The van der Waals surface area contributed by atoms with E-state index in [0.717, 1.165) is 12.1 Å². The number of carbonyl (C=O) groups is 1. The minimum Gasteiger partial charge on any atom is -0.354 e. The van der Waals surface area contributed by atoms with E-state index in [1.165, 1.54) is 44.9 Å². The van der Waals surface area contributed by atoms with E-state index in [9.17, 15) is 4.79 Å². The summed E-state index contributed by atoms with van der Waals surface area (Å²) in [5.41, 5.74) is 6.88. The Balaban J connectivity index is 0.00000220. The van der Waals surface area contributed by atoms with Gasteiger partial charge in [-0.2, -0.15) is 0 Å². The lowest BCUT2D eigenvalue weighted by Gasteiger charge is -2.21. The molecule has 1 fully saturated rings. The molecule has 3 N–H and O–H groups in total. The highest BCUT2D eigenvalue weighted by Gasteiger charge is 2.17. The van der Waals surface area contributed by atoms with Gasteiger partial charge in [0.15, 0.2) is 0 Å². The molecule has 0 aromatic heterocycles. The number of carbonyl (C=O) groups excluding carboxylic acids is 1. The summed E-state index contributed by atoms with van der Waals surface area (Å²) in [6, 6.07) is 9.02. The van der Waals surface area contributed by atoms with Crippen molar-refractivity contribution >= 4 is 18.3 Å². The first-order chi connectivity index (χ1) is 9.77. The van der Waals surface area contributed by atoms with Crippen molar-refractivity contribution < 1.29 is 4.79 Å². The summed E-state index contributed by atoms with van der Waals surface area (Å²) in [6.07, 6.45) is 9.12. The Bertz CT molecular complexity index is 403. The third kappa shape index (κ3) is 6.06. The zero-order valence-electron chi connectivity index (χ0n) is 12.6. The molecule has 1 atom stereocenters. The predicted molar refractivity (Wildman–Crippen MR) is 89.4 cm³/mol. The number of amides is 1. The van der Waals surface area contributed by atoms with Gasteiger partial charge < -0.3 is 11.1 Å². The molecule has 0 saturated heterocycles. The maximum Gasteiger partial charge on any atom is 0.241 e. The number of nitrogens with one attached hydrogen (secondary N) is 1. The fourth-order valence-electron chi connectivity index (χ4n) is 2.91. The Morgan fingerprint density at radius 2 is 1.67 bits per heavy atom. The van der Waals surface area contributed by atoms with Gasteiger partial charge in [0, 0.05) is 6.54 Å². The first-order valence-corrected chi connectivity index (χ1v) is 7.85. The Morgan fingerprint density at radius 1 is 1.10 bits per heavy atom. The Kier molecular flexibility index (Phi) is 8.40. The van der Waals surface area contributed by atoms with Crippen LogP contribution in [0.5, 0.6) is 0 Å². The van der Waals surface area contributed by atoms with Gasteiger partial charge in [-0.15, -0.1) is 12.4 Å². The standard InChI is InChI=1S/C17H26N2O.ClH/c18-16(15-11-7-4-8-12-15)17(20)19-13-14-9-5-2-1-3-6-10-14;/h4,7-8,11-12,14,16H,1-3,5-6,9-10,13,18H2,(H,19,20);1H. The van der Waals surface area contributed by atoms with E-state index >= 15 is 0 Å². The molecule has 1 aromatic rings. The van der Waals surface area contributed by atoms with Crippen LogP contribution >= 0.6 is 12.4 Å². The lowest BCUT2D eigenvalue weighted by molar-refractivity contribution is -0.122. The van der Waals surface area contributed by atoms with Gasteiger partial charge in [0.1, 0.15) is 6.04 Å². The fourth-order valence-corrected chi connectivity index (χ4v) is 2.91. The topological polar surface area (TPSA) is 55.1 Å². The summed E-state index contributed by atoms with van der Waals surface area (Å²) in [5, 5.41) is 3.03. The molecule has 1 aromatic carbocycles. The van der Waals surface area contributed by atoms with Crippen LogP contribution in [0, 0.1) is 5.92 Å². The molecule has 1 saturated carbocycles. The first kappa shape index (κ1) is 18.0. The molecule has 118 valence electrons. The van der Waals surface area contributed by atoms with Crippen molar-refractivity contribution in [3.05, 3.63) is 35.9 Å². The van der Waals surface area contributed by atoms with Crippen LogP contribution in [0.1, 0.15) is 56.6 Å². The molecular weight excluding hydrogens is 284 g/mol. The van der Waals surface area contributed by atoms with Crippen molar-refractivity contribution in [2.75, 3.05) is 6.54 Å². The lowest BCUT2D eigenvalue weighted by Crippen LogP contribution is -2.37. The summed E-state index contributed by atoms with van der Waals surface area (Å²) >= 11 is 0. The van der Waals surface area contributed by atoms with Crippen molar-refractivity contribution in [2.45, 2.75) is 51.0 Å². The normalized spacial score (nSPS) is 18.0. The molecule has 0 aliphatic heterocycles. The summed E-state index contributed by atoms with van der Waals surface area (Å²) in [5.74, 6) is 0.570. The van der Waals surface area contributed by atoms with Gasteiger partial charge in [-0.3, -0.25) is 4.79 Å². The smallest absolute Gasteiger partial charge is 0.241 e. The number of hydrogen-bond acceptors (Lipinski definition) is 2. The predicted octanol–water partition coefficient (Wildman–Crippen LogP) is 3.58. The zero-order chi connectivity index (χ0) is 14.2. The van der Waals surface area contributed by atoms with Gasteiger partial charge >= 0.3 is 0 Å². The van der Waals surface area contributed by atoms with E-state index in [1.807, 2.05) is 30.3 Å². The van der Waals surface area contributed by atoms with Crippen LogP contribution in [0.3, 0.4) is 0 Å². The molecular formula is C17H27ClN2O. The van der Waals surface area contributed by atoms with E-state index in [0.29, 0.717) is 5.92 Å². The zero-order valence-corrected chi connectivity index (χ0v) is 13.4. The highest BCUT2D eigenvalue weighted by atomic mass is 35.5. The van der Waals surface area contributed by atoms with E-state index in [4.69, 9.17) is 5.73 Å². The number of benzene rings is 1. The summed E-state index contributed by atoms with van der Waals surface area (Å²) in [4.78, 5) is 12.1. The minimum atomic E-state index is -0.551. The van der Waals surface area contributed by atoms with Gasteiger partial charge in [0.25, 0.3) is 0 Å². The van der Waals surface area contributed by atoms with E-state index in [2.05, 4.69) is 5.32 Å². The second-order valence-corrected chi connectivity index (χ2v) is 5.84. The average molecular weight is 311 g/mol. The quantitative estimate of drug-likeness (QED) is 0.893. The second-order valence-electron chi connectivity index (χ2n) is 5.84. The molecule has 0 spiro atoms. The molecule has 0 heterocycles. The third-order valence-electron chi connectivity index (χ3n) is 4.23. The molecule has 0 bridgehead atoms. The van der Waals surface area contributed by atoms with Crippen LogP contribution in [-0.4, -0.2) is 12.5 Å². The molecule has 2 rings (SSSR count).